The Kier molecular flexibility index (Phi) is 3.95. The van der Waals surface area contributed by atoms with Gasteiger partial charge in [-0.2, -0.15) is 0 Å². The smallest absolute Gasteiger partial charge is 0.105 e. The van der Waals surface area contributed by atoms with Gasteiger partial charge in [-0.3, -0.25) is 0 Å². The van der Waals surface area contributed by atoms with Gasteiger partial charge in [-0.05, 0) is 45.9 Å². The molecule has 2 atom stereocenters. The zero-order valence-corrected chi connectivity index (χ0v) is 8.02. The lowest BCUT2D eigenvalue weighted by Crippen LogP contribution is -2.44. The van der Waals surface area contributed by atoms with E-state index in [1.54, 1.807) is 0 Å². The second kappa shape index (κ2) is 4.77. The summed E-state index contributed by atoms with van der Waals surface area (Å²) in [5, 5.41) is 3.31. The van der Waals surface area contributed by atoms with Crippen molar-refractivity contribution in [2.75, 3.05) is 33.9 Å². The molecule has 1 fully saturated rings. The zero-order valence-electron chi connectivity index (χ0n) is 8.02. The fraction of sp³-hybridized carbons (Fsp3) is 1.00. The standard InChI is InChI=1S/C9H19FN2/c1-12(2)9(6-10)8-4-3-5-11-7-8/h8-9,11H,3-7H2,1-2H3. The summed E-state index contributed by atoms with van der Waals surface area (Å²) in [6.45, 7) is 1.86. The van der Waals surface area contributed by atoms with Crippen LogP contribution in [0.15, 0.2) is 0 Å². The molecule has 2 unspecified atom stereocenters. The van der Waals surface area contributed by atoms with Crippen LogP contribution in [-0.2, 0) is 0 Å². The molecule has 0 aromatic rings. The monoisotopic (exact) mass is 174 g/mol. The summed E-state index contributed by atoms with van der Waals surface area (Å²) in [5.74, 6) is 0.499. The van der Waals surface area contributed by atoms with Crippen molar-refractivity contribution in [1.29, 1.82) is 0 Å². The van der Waals surface area contributed by atoms with E-state index < -0.39 is 0 Å². The largest absolute Gasteiger partial charge is 0.316 e. The molecule has 1 rings (SSSR count). The molecule has 1 saturated heterocycles. The molecule has 0 radical (unpaired) electrons. The van der Waals surface area contributed by atoms with Crippen molar-refractivity contribution < 1.29 is 4.39 Å². The first-order valence-electron chi connectivity index (χ1n) is 4.69. The molecule has 1 N–H and O–H groups in total. The molecule has 12 heavy (non-hydrogen) atoms. The minimum atomic E-state index is -0.223. The van der Waals surface area contributed by atoms with Crippen LogP contribution < -0.4 is 5.32 Å². The van der Waals surface area contributed by atoms with Gasteiger partial charge in [-0.1, -0.05) is 0 Å². The number of hydrogen-bond acceptors (Lipinski definition) is 2. The van der Waals surface area contributed by atoms with Crippen LogP contribution in [0.3, 0.4) is 0 Å². The average Bonchev–Trinajstić information content (AvgIpc) is 2.07. The number of rotatable bonds is 3. The number of nitrogens with zero attached hydrogens (tertiary/aromatic N) is 1. The molecule has 72 valence electrons. The van der Waals surface area contributed by atoms with E-state index in [0.717, 1.165) is 13.1 Å². The Hall–Kier alpha value is -0.150. The maximum absolute atomic E-state index is 12.6. The van der Waals surface area contributed by atoms with Gasteiger partial charge in [0.15, 0.2) is 0 Å². The maximum Gasteiger partial charge on any atom is 0.105 e. The fourth-order valence-corrected chi connectivity index (χ4v) is 1.89. The Balaban J connectivity index is 2.40. The van der Waals surface area contributed by atoms with E-state index in [4.69, 9.17) is 0 Å². The maximum atomic E-state index is 12.6. The Morgan fingerprint density at radius 3 is 2.75 bits per heavy atom. The number of piperidine rings is 1. The lowest BCUT2D eigenvalue weighted by molar-refractivity contribution is 0.148. The highest BCUT2D eigenvalue weighted by molar-refractivity contribution is 4.80. The molecule has 2 nitrogen and oxygen atoms in total. The van der Waals surface area contributed by atoms with Gasteiger partial charge < -0.3 is 10.2 Å². The van der Waals surface area contributed by atoms with Gasteiger partial charge in [-0.15, -0.1) is 0 Å². The van der Waals surface area contributed by atoms with E-state index in [-0.39, 0.29) is 12.7 Å². The zero-order chi connectivity index (χ0) is 8.97. The molecular formula is C9H19FN2. The highest BCUT2D eigenvalue weighted by Crippen LogP contribution is 2.17. The van der Waals surface area contributed by atoms with E-state index in [1.165, 1.54) is 12.8 Å². The lowest BCUT2D eigenvalue weighted by Gasteiger charge is -2.33. The van der Waals surface area contributed by atoms with Gasteiger partial charge in [0.1, 0.15) is 6.67 Å². The SMILES string of the molecule is CN(C)C(CF)C1CCCNC1. The highest BCUT2D eigenvalue weighted by Gasteiger charge is 2.24. The van der Waals surface area contributed by atoms with Crippen LogP contribution in [0.5, 0.6) is 0 Å². The highest BCUT2D eigenvalue weighted by atomic mass is 19.1. The van der Waals surface area contributed by atoms with Gasteiger partial charge in [0.05, 0.1) is 0 Å². The molecule has 3 heteroatoms. The molecule has 0 aromatic carbocycles. The number of alkyl halides is 1. The minimum absolute atomic E-state index is 0.109. The van der Waals surface area contributed by atoms with Gasteiger partial charge in [0.2, 0.25) is 0 Å². The molecule has 0 saturated carbocycles. The van der Waals surface area contributed by atoms with Crippen LogP contribution in [-0.4, -0.2) is 44.8 Å². The van der Waals surface area contributed by atoms with E-state index in [1.807, 2.05) is 19.0 Å². The van der Waals surface area contributed by atoms with Crippen LogP contribution in [0.4, 0.5) is 4.39 Å². The molecule has 0 bridgehead atoms. The Bertz CT molecular complexity index is 122. The molecule has 1 aliphatic rings. The molecule has 0 aromatic heterocycles. The predicted octanol–water partition coefficient (Wildman–Crippen LogP) is 0.886. The van der Waals surface area contributed by atoms with Crippen molar-refractivity contribution in [2.45, 2.75) is 18.9 Å². The molecule has 1 aliphatic heterocycles. The summed E-state index contributed by atoms with van der Waals surface area (Å²) in [6, 6.07) is 0.109. The van der Waals surface area contributed by atoms with Crippen LogP contribution in [0.2, 0.25) is 0 Å². The topological polar surface area (TPSA) is 15.3 Å². The summed E-state index contributed by atoms with van der Waals surface area (Å²) in [5.41, 5.74) is 0. The van der Waals surface area contributed by atoms with Crippen molar-refractivity contribution in [2.24, 2.45) is 5.92 Å². The Morgan fingerprint density at radius 1 is 1.58 bits per heavy atom. The van der Waals surface area contributed by atoms with Gasteiger partial charge in [-0.25, -0.2) is 4.39 Å². The predicted molar refractivity (Wildman–Crippen MR) is 49.0 cm³/mol. The molecule has 0 amide bonds. The van der Waals surface area contributed by atoms with Crippen LogP contribution in [0, 0.1) is 5.92 Å². The first-order valence-corrected chi connectivity index (χ1v) is 4.69. The normalized spacial score (nSPS) is 27.5. The van der Waals surface area contributed by atoms with Gasteiger partial charge >= 0.3 is 0 Å². The quantitative estimate of drug-likeness (QED) is 0.683. The summed E-state index contributed by atoms with van der Waals surface area (Å²) in [4.78, 5) is 2.00. The van der Waals surface area contributed by atoms with Gasteiger partial charge in [0.25, 0.3) is 0 Å². The third-order valence-electron chi connectivity index (χ3n) is 2.70. The van der Waals surface area contributed by atoms with E-state index >= 15 is 0 Å². The van der Waals surface area contributed by atoms with Crippen molar-refractivity contribution in [3.8, 4) is 0 Å². The average molecular weight is 174 g/mol. The second-order valence-corrected chi connectivity index (χ2v) is 3.79. The summed E-state index contributed by atoms with van der Waals surface area (Å²) < 4.78 is 12.6. The third kappa shape index (κ3) is 2.42. The number of halogens is 1. The Morgan fingerprint density at radius 2 is 2.33 bits per heavy atom. The van der Waals surface area contributed by atoms with Crippen molar-refractivity contribution in [3.63, 3.8) is 0 Å². The first-order chi connectivity index (χ1) is 5.75. The molecule has 0 spiro atoms. The van der Waals surface area contributed by atoms with Crippen molar-refractivity contribution in [1.82, 2.24) is 10.2 Å². The lowest BCUT2D eigenvalue weighted by atomic mass is 9.92. The van der Waals surface area contributed by atoms with Crippen LogP contribution >= 0.6 is 0 Å². The van der Waals surface area contributed by atoms with Crippen molar-refractivity contribution in [3.05, 3.63) is 0 Å². The summed E-state index contributed by atoms with van der Waals surface area (Å²) in [6.07, 6.45) is 2.36. The fourth-order valence-electron chi connectivity index (χ4n) is 1.89. The van der Waals surface area contributed by atoms with Crippen LogP contribution in [0.1, 0.15) is 12.8 Å². The first kappa shape index (κ1) is 9.93. The Labute approximate surface area is 74.1 Å². The van der Waals surface area contributed by atoms with E-state index in [9.17, 15) is 4.39 Å². The molecule has 1 heterocycles. The molecular weight excluding hydrogens is 155 g/mol. The molecule has 0 aliphatic carbocycles. The second-order valence-electron chi connectivity index (χ2n) is 3.79. The number of nitrogens with one attached hydrogen (secondary N) is 1. The minimum Gasteiger partial charge on any atom is -0.316 e. The van der Waals surface area contributed by atoms with E-state index in [0.29, 0.717) is 5.92 Å². The van der Waals surface area contributed by atoms with Gasteiger partial charge in [0, 0.05) is 6.04 Å². The van der Waals surface area contributed by atoms with E-state index in [2.05, 4.69) is 5.32 Å². The third-order valence-corrected chi connectivity index (χ3v) is 2.70. The van der Waals surface area contributed by atoms with Crippen molar-refractivity contribution >= 4 is 0 Å². The van der Waals surface area contributed by atoms with Crippen LogP contribution in [0.25, 0.3) is 0 Å². The number of hydrogen-bond donors (Lipinski definition) is 1. The summed E-state index contributed by atoms with van der Waals surface area (Å²) in [7, 11) is 3.91. The summed E-state index contributed by atoms with van der Waals surface area (Å²) >= 11 is 0.